The fourth-order valence-electron chi connectivity index (χ4n) is 4.05. The van der Waals surface area contributed by atoms with Gasteiger partial charge in [-0.05, 0) is 36.6 Å². The van der Waals surface area contributed by atoms with E-state index in [1.807, 2.05) is 0 Å². The number of allylic oxidation sites excluding steroid dienone is 2. The molecule has 0 spiro atoms. The maximum Gasteiger partial charge on any atom is 0.418 e. The Labute approximate surface area is 159 Å². The van der Waals surface area contributed by atoms with Crippen molar-refractivity contribution in [3.05, 3.63) is 71.2 Å². The second-order valence-electron chi connectivity index (χ2n) is 6.92. The average Bonchev–Trinajstić information content (AvgIpc) is 2.67. The van der Waals surface area contributed by atoms with Gasteiger partial charge in [0.25, 0.3) is 0 Å². The monoisotopic (exact) mass is 386 g/mol. The van der Waals surface area contributed by atoms with Crippen molar-refractivity contribution >= 4 is 17.4 Å². The fraction of sp³-hybridized carbons (Fsp3) is 0.286. The summed E-state index contributed by atoms with van der Waals surface area (Å²) < 4.78 is 40.6. The molecule has 2 aromatic rings. The summed E-state index contributed by atoms with van der Waals surface area (Å²) in [4.78, 5) is 30.9. The molecule has 7 heteroatoms. The van der Waals surface area contributed by atoms with Crippen molar-refractivity contribution in [2.24, 2.45) is 0 Å². The lowest BCUT2D eigenvalue weighted by atomic mass is 9.77. The van der Waals surface area contributed by atoms with Gasteiger partial charge in [-0.3, -0.25) is 19.5 Å². The SMILES string of the molecule is O=C1CCCC2=C1[C@H](c1cccnc1)CC(=O)N2c1ccccc1C(F)(F)F. The van der Waals surface area contributed by atoms with Gasteiger partial charge in [0.2, 0.25) is 5.91 Å². The minimum Gasteiger partial charge on any atom is -0.294 e. The third-order valence-electron chi connectivity index (χ3n) is 5.21. The number of Topliss-reactive ketones (excluding diaryl/α,β-unsaturated/α-hetero) is 1. The summed E-state index contributed by atoms with van der Waals surface area (Å²) in [6.45, 7) is 0. The molecule has 1 aromatic carbocycles. The summed E-state index contributed by atoms with van der Waals surface area (Å²) in [5, 5.41) is 0. The lowest BCUT2D eigenvalue weighted by Crippen LogP contribution is -2.41. The first-order valence-corrected chi connectivity index (χ1v) is 9.03. The highest BCUT2D eigenvalue weighted by Crippen LogP contribution is 2.46. The number of rotatable bonds is 2. The number of anilines is 1. The molecule has 1 amide bonds. The Balaban J connectivity index is 1.90. The summed E-state index contributed by atoms with van der Waals surface area (Å²) in [7, 11) is 0. The van der Waals surface area contributed by atoms with Crippen molar-refractivity contribution in [2.45, 2.75) is 37.8 Å². The van der Waals surface area contributed by atoms with Crippen molar-refractivity contribution < 1.29 is 22.8 Å². The molecule has 1 aliphatic carbocycles. The van der Waals surface area contributed by atoms with E-state index in [9.17, 15) is 22.8 Å². The topological polar surface area (TPSA) is 50.3 Å². The molecule has 0 fully saturated rings. The van der Waals surface area contributed by atoms with Crippen molar-refractivity contribution in [1.82, 2.24) is 4.98 Å². The van der Waals surface area contributed by atoms with Crippen LogP contribution in [0.1, 0.15) is 42.7 Å². The lowest BCUT2D eigenvalue weighted by molar-refractivity contribution is -0.137. The molecule has 144 valence electrons. The van der Waals surface area contributed by atoms with Gasteiger partial charge >= 0.3 is 6.18 Å². The molecule has 2 heterocycles. The first-order valence-electron chi connectivity index (χ1n) is 9.03. The number of ketones is 1. The molecule has 1 atom stereocenters. The predicted octanol–water partition coefficient (Wildman–Crippen LogP) is 4.63. The normalized spacial score (nSPS) is 20.4. The molecule has 0 radical (unpaired) electrons. The Bertz CT molecular complexity index is 967. The van der Waals surface area contributed by atoms with E-state index in [2.05, 4.69) is 4.98 Å². The zero-order chi connectivity index (χ0) is 19.9. The molecule has 4 rings (SSSR count). The first-order chi connectivity index (χ1) is 13.4. The summed E-state index contributed by atoms with van der Waals surface area (Å²) in [6, 6.07) is 8.52. The van der Waals surface area contributed by atoms with E-state index in [1.54, 1.807) is 24.5 Å². The number of carbonyl (C=O) groups is 2. The largest absolute Gasteiger partial charge is 0.418 e. The molecule has 0 N–H and O–H groups in total. The van der Waals surface area contributed by atoms with Crippen LogP contribution in [-0.4, -0.2) is 16.7 Å². The molecule has 2 aliphatic rings. The number of aromatic nitrogens is 1. The molecule has 28 heavy (non-hydrogen) atoms. The van der Waals surface area contributed by atoms with E-state index < -0.39 is 23.6 Å². The number of amides is 1. The van der Waals surface area contributed by atoms with Crippen LogP contribution < -0.4 is 4.90 Å². The van der Waals surface area contributed by atoms with Crippen molar-refractivity contribution in [3.63, 3.8) is 0 Å². The van der Waals surface area contributed by atoms with Gasteiger partial charge in [0, 0.05) is 42.4 Å². The number of benzene rings is 1. The molecule has 0 bridgehead atoms. The quantitative estimate of drug-likeness (QED) is 0.756. The number of hydrogen-bond donors (Lipinski definition) is 0. The number of alkyl halides is 3. The Hall–Kier alpha value is -2.96. The smallest absolute Gasteiger partial charge is 0.294 e. The Kier molecular flexibility index (Phi) is 4.53. The van der Waals surface area contributed by atoms with Crippen LogP contribution in [0.15, 0.2) is 60.1 Å². The molecule has 4 nitrogen and oxygen atoms in total. The van der Waals surface area contributed by atoms with Crippen LogP contribution in [0.3, 0.4) is 0 Å². The number of pyridine rings is 1. The minimum absolute atomic E-state index is 0.0670. The number of halogens is 3. The highest BCUT2D eigenvalue weighted by atomic mass is 19.4. The summed E-state index contributed by atoms with van der Waals surface area (Å²) >= 11 is 0. The number of para-hydroxylation sites is 1. The van der Waals surface area contributed by atoms with Crippen LogP contribution in [0, 0.1) is 0 Å². The minimum atomic E-state index is -4.60. The van der Waals surface area contributed by atoms with Crippen molar-refractivity contribution in [1.29, 1.82) is 0 Å². The van der Waals surface area contributed by atoms with E-state index >= 15 is 0 Å². The fourth-order valence-corrected chi connectivity index (χ4v) is 4.05. The van der Waals surface area contributed by atoms with E-state index in [-0.39, 0.29) is 17.9 Å². The molecule has 1 aliphatic heterocycles. The third-order valence-corrected chi connectivity index (χ3v) is 5.21. The standard InChI is InChI=1S/C21H17F3N2O2/c22-21(23,24)15-6-1-2-7-16(15)26-17-8-3-9-18(27)20(17)14(11-19(26)28)13-5-4-10-25-12-13/h1-2,4-7,10,12,14H,3,8-9,11H2/t14-/m0/s1. The number of hydrogen-bond acceptors (Lipinski definition) is 3. The highest BCUT2D eigenvalue weighted by Gasteiger charge is 2.43. The van der Waals surface area contributed by atoms with Crippen LogP contribution in [0.25, 0.3) is 0 Å². The number of carbonyl (C=O) groups excluding carboxylic acids is 2. The van der Waals surface area contributed by atoms with Crippen molar-refractivity contribution in [3.8, 4) is 0 Å². The summed E-state index contributed by atoms with van der Waals surface area (Å²) in [5.74, 6) is -1.03. The zero-order valence-electron chi connectivity index (χ0n) is 14.9. The van der Waals surface area contributed by atoms with Gasteiger partial charge < -0.3 is 0 Å². The summed E-state index contributed by atoms with van der Waals surface area (Å²) in [6.07, 6.45) is -0.246. The van der Waals surface area contributed by atoms with Gasteiger partial charge in [-0.25, -0.2) is 0 Å². The third kappa shape index (κ3) is 3.10. The van der Waals surface area contributed by atoms with Crippen LogP contribution in [0.5, 0.6) is 0 Å². The zero-order valence-corrected chi connectivity index (χ0v) is 14.9. The maximum absolute atomic E-state index is 13.5. The summed E-state index contributed by atoms with van der Waals surface area (Å²) in [5.41, 5.74) is 0.455. The maximum atomic E-state index is 13.5. The van der Waals surface area contributed by atoms with Crippen molar-refractivity contribution in [2.75, 3.05) is 4.90 Å². The van der Waals surface area contributed by atoms with Gasteiger partial charge in [0.1, 0.15) is 0 Å². The molecule has 0 saturated heterocycles. The van der Waals surface area contributed by atoms with E-state index in [1.165, 1.54) is 18.2 Å². The van der Waals surface area contributed by atoms with E-state index in [4.69, 9.17) is 0 Å². The molecular weight excluding hydrogens is 369 g/mol. The highest BCUT2D eigenvalue weighted by molar-refractivity contribution is 6.07. The second kappa shape index (κ2) is 6.89. The van der Waals surface area contributed by atoms with Gasteiger partial charge in [-0.1, -0.05) is 18.2 Å². The van der Waals surface area contributed by atoms with Crippen LogP contribution in [0.4, 0.5) is 18.9 Å². The van der Waals surface area contributed by atoms with Gasteiger partial charge in [-0.2, -0.15) is 13.2 Å². The second-order valence-corrected chi connectivity index (χ2v) is 6.92. The first kappa shape index (κ1) is 18.4. The van der Waals surface area contributed by atoms with Crippen LogP contribution >= 0.6 is 0 Å². The Morgan fingerprint density at radius 2 is 1.82 bits per heavy atom. The van der Waals surface area contributed by atoms with Crippen LogP contribution in [0.2, 0.25) is 0 Å². The van der Waals surface area contributed by atoms with E-state index in [0.29, 0.717) is 30.5 Å². The Morgan fingerprint density at radius 1 is 1.04 bits per heavy atom. The van der Waals surface area contributed by atoms with Gasteiger partial charge in [0.05, 0.1) is 11.3 Å². The Morgan fingerprint density at radius 3 is 2.54 bits per heavy atom. The number of nitrogens with zero attached hydrogens (tertiary/aromatic N) is 2. The average molecular weight is 386 g/mol. The molecular formula is C21H17F3N2O2. The molecule has 1 aromatic heterocycles. The molecule has 0 saturated carbocycles. The van der Waals surface area contributed by atoms with Gasteiger partial charge in [0.15, 0.2) is 5.78 Å². The lowest BCUT2D eigenvalue weighted by Gasteiger charge is -2.39. The predicted molar refractivity (Wildman–Crippen MR) is 96.4 cm³/mol. The molecule has 0 unspecified atom stereocenters. The van der Waals surface area contributed by atoms with Crippen LogP contribution in [-0.2, 0) is 15.8 Å². The van der Waals surface area contributed by atoms with Gasteiger partial charge in [-0.15, -0.1) is 0 Å². The van der Waals surface area contributed by atoms with E-state index in [0.717, 1.165) is 16.5 Å².